The summed E-state index contributed by atoms with van der Waals surface area (Å²) in [5.41, 5.74) is 7.44. The lowest BCUT2D eigenvalue weighted by Gasteiger charge is -2.32. The first kappa shape index (κ1) is 8.76. The van der Waals surface area contributed by atoms with Crippen molar-refractivity contribution in [2.24, 2.45) is 17.6 Å². The van der Waals surface area contributed by atoms with Crippen LogP contribution in [0.15, 0.2) is 36.0 Å². The topological polar surface area (TPSA) is 26.0 Å². The van der Waals surface area contributed by atoms with E-state index in [-0.39, 0.29) is 6.04 Å². The van der Waals surface area contributed by atoms with Crippen LogP contribution in [-0.2, 0) is 0 Å². The van der Waals surface area contributed by atoms with Crippen LogP contribution in [-0.4, -0.2) is 6.04 Å². The first-order chi connectivity index (χ1) is 6.29. The average molecular weight is 175 g/mol. The molecule has 0 radical (unpaired) electrons. The van der Waals surface area contributed by atoms with Gasteiger partial charge in [-0.2, -0.15) is 0 Å². The minimum Gasteiger partial charge on any atom is -0.327 e. The van der Waals surface area contributed by atoms with Gasteiger partial charge < -0.3 is 5.73 Å². The first-order valence-corrected chi connectivity index (χ1v) is 5.09. The van der Waals surface area contributed by atoms with E-state index in [1.54, 1.807) is 0 Å². The Morgan fingerprint density at radius 3 is 3.15 bits per heavy atom. The Bertz CT molecular complexity index is 271. The Balaban J connectivity index is 2.24. The van der Waals surface area contributed by atoms with Gasteiger partial charge in [-0.25, -0.2) is 0 Å². The largest absolute Gasteiger partial charge is 0.327 e. The molecular weight excluding hydrogens is 158 g/mol. The maximum Gasteiger partial charge on any atom is 0.00793 e. The number of allylic oxidation sites excluding steroid dienone is 5. The smallest absolute Gasteiger partial charge is 0.00793 e. The monoisotopic (exact) mass is 175 g/mol. The molecule has 3 atom stereocenters. The van der Waals surface area contributed by atoms with E-state index in [9.17, 15) is 0 Å². The van der Waals surface area contributed by atoms with E-state index in [1.165, 1.54) is 18.4 Å². The molecule has 0 aromatic carbocycles. The second-order valence-electron chi connectivity index (χ2n) is 4.07. The third-order valence-corrected chi connectivity index (χ3v) is 3.08. The highest BCUT2D eigenvalue weighted by atomic mass is 14.6. The van der Waals surface area contributed by atoms with Crippen molar-refractivity contribution >= 4 is 0 Å². The molecule has 0 aromatic heterocycles. The Labute approximate surface area is 80.0 Å². The summed E-state index contributed by atoms with van der Waals surface area (Å²) in [7, 11) is 0. The van der Waals surface area contributed by atoms with Crippen LogP contribution in [0.4, 0.5) is 0 Å². The normalized spacial score (nSPS) is 33.8. The van der Waals surface area contributed by atoms with Crippen LogP contribution in [0.2, 0.25) is 0 Å². The SMILES string of the molecule is C[C@H](N)C1C=CC=C2C=CCCC21. The fourth-order valence-corrected chi connectivity index (χ4v) is 2.35. The van der Waals surface area contributed by atoms with Crippen molar-refractivity contribution in [3.63, 3.8) is 0 Å². The van der Waals surface area contributed by atoms with Crippen LogP contribution in [0, 0.1) is 11.8 Å². The minimum atomic E-state index is 0.274. The summed E-state index contributed by atoms with van der Waals surface area (Å²) in [6, 6.07) is 0.274. The van der Waals surface area contributed by atoms with Gasteiger partial charge in [-0.1, -0.05) is 30.4 Å². The number of hydrogen-bond acceptors (Lipinski definition) is 1. The fourth-order valence-electron chi connectivity index (χ4n) is 2.35. The van der Waals surface area contributed by atoms with Crippen LogP contribution < -0.4 is 5.73 Å². The van der Waals surface area contributed by atoms with Gasteiger partial charge in [-0.05, 0) is 37.2 Å². The van der Waals surface area contributed by atoms with Crippen molar-refractivity contribution in [3.05, 3.63) is 36.0 Å². The summed E-state index contributed by atoms with van der Waals surface area (Å²) in [6.07, 6.45) is 13.6. The van der Waals surface area contributed by atoms with Crippen LogP contribution in [0.3, 0.4) is 0 Å². The molecule has 0 bridgehead atoms. The highest BCUT2D eigenvalue weighted by Gasteiger charge is 2.27. The summed E-state index contributed by atoms with van der Waals surface area (Å²) in [6.45, 7) is 2.11. The lowest BCUT2D eigenvalue weighted by Crippen LogP contribution is -2.33. The summed E-state index contributed by atoms with van der Waals surface area (Å²) in [4.78, 5) is 0. The van der Waals surface area contributed by atoms with Crippen LogP contribution in [0.25, 0.3) is 0 Å². The molecule has 2 aliphatic rings. The second kappa shape index (κ2) is 3.51. The van der Waals surface area contributed by atoms with Crippen molar-refractivity contribution in [1.29, 1.82) is 0 Å². The molecule has 0 spiro atoms. The van der Waals surface area contributed by atoms with Gasteiger partial charge in [0.05, 0.1) is 0 Å². The number of rotatable bonds is 1. The molecule has 2 rings (SSSR count). The van der Waals surface area contributed by atoms with Gasteiger partial charge in [-0.3, -0.25) is 0 Å². The van der Waals surface area contributed by atoms with E-state index in [0.29, 0.717) is 11.8 Å². The van der Waals surface area contributed by atoms with Crippen molar-refractivity contribution in [3.8, 4) is 0 Å². The Kier molecular flexibility index (Phi) is 2.36. The van der Waals surface area contributed by atoms with Gasteiger partial charge in [-0.15, -0.1) is 0 Å². The molecule has 2 N–H and O–H groups in total. The summed E-state index contributed by atoms with van der Waals surface area (Å²) in [5.74, 6) is 1.22. The third kappa shape index (κ3) is 1.61. The predicted molar refractivity (Wildman–Crippen MR) is 56.2 cm³/mol. The van der Waals surface area contributed by atoms with Crippen molar-refractivity contribution < 1.29 is 0 Å². The van der Waals surface area contributed by atoms with E-state index in [1.807, 2.05) is 0 Å². The van der Waals surface area contributed by atoms with E-state index in [4.69, 9.17) is 5.73 Å². The average Bonchev–Trinajstić information content (AvgIpc) is 2.17. The molecule has 0 aliphatic heterocycles. The molecule has 0 heterocycles. The highest BCUT2D eigenvalue weighted by Crippen LogP contribution is 2.35. The lowest BCUT2D eigenvalue weighted by molar-refractivity contribution is 0.372. The molecule has 2 aliphatic carbocycles. The van der Waals surface area contributed by atoms with Crippen LogP contribution >= 0.6 is 0 Å². The van der Waals surface area contributed by atoms with Gasteiger partial charge in [0.25, 0.3) is 0 Å². The van der Waals surface area contributed by atoms with Crippen molar-refractivity contribution in [2.45, 2.75) is 25.8 Å². The van der Waals surface area contributed by atoms with E-state index >= 15 is 0 Å². The quantitative estimate of drug-likeness (QED) is 0.650. The van der Waals surface area contributed by atoms with E-state index in [0.717, 1.165) is 0 Å². The molecule has 0 aromatic rings. The van der Waals surface area contributed by atoms with E-state index < -0.39 is 0 Å². The Hall–Kier alpha value is -0.820. The highest BCUT2D eigenvalue weighted by molar-refractivity contribution is 5.34. The van der Waals surface area contributed by atoms with Gasteiger partial charge in [0.2, 0.25) is 0 Å². The summed E-state index contributed by atoms with van der Waals surface area (Å²) >= 11 is 0. The summed E-state index contributed by atoms with van der Waals surface area (Å²) in [5, 5.41) is 0. The maximum absolute atomic E-state index is 5.97. The molecule has 1 heteroatoms. The molecule has 0 amide bonds. The Morgan fingerprint density at radius 2 is 2.38 bits per heavy atom. The zero-order valence-corrected chi connectivity index (χ0v) is 8.11. The van der Waals surface area contributed by atoms with E-state index in [2.05, 4.69) is 37.3 Å². The number of hydrogen-bond donors (Lipinski definition) is 1. The fraction of sp³-hybridized carbons (Fsp3) is 0.500. The summed E-state index contributed by atoms with van der Waals surface area (Å²) < 4.78 is 0. The molecule has 0 fully saturated rings. The van der Waals surface area contributed by atoms with Gasteiger partial charge >= 0.3 is 0 Å². The van der Waals surface area contributed by atoms with Gasteiger partial charge in [0, 0.05) is 6.04 Å². The van der Waals surface area contributed by atoms with Crippen LogP contribution in [0.1, 0.15) is 19.8 Å². The second-order valence-corrected chi connectivity index (χ2v) is 4.07. The number of nitrogens with two attached hydrogens (primary N) is 1. The third-order valence-electron chi connectivity index (χ3n) is 3.08. The number of fused-ring (bicyclic) bond motifs is 1. The predicted octanol–water partition coefficient (Wildman–Crippen LogP) is 2.41. The Morgan fingerprint density at radius 1 is 1.54 bits per heavy atom. The first-order valence-electron chi connectivity index (χ1n) is 5.09. The van der Waals surface area contributed by atoms with Crippen LogP contribution in [0.5, 0.6) is 0 Å². The zero-order valence-electron chi connectivity index (χ0n) is 8.11. The maximum atomic E-state index is 5.97. The standard InChI is InChI=1S/C12H17N/c1-9(13)11-8-4-6-10-5-2-3-7-12(10)11/h2,4-6,8-9,11-12H,3,7,13H2,1H3/t9-,11?,12?/m0/s1. The molecule has 0 saturated heterocycles. The van der Waals surface area contributed by atoms with Crippen molar-refractivity contribution in [2.75, 3.05) is 0 Å². The van der Waals surface area contributed by atoms with Crippen molar-refractivity contribution in [1.82, 2.24) is 0 Å². The van der Waals surface area contributed by atoms with Gasteiger partial charge in [0.15, 0.2) is 0 Å². The molecular formula is C12H17N. The molecule has 1 nitrogen and oxygen atoms in total. The van der Waals surface area contributed by atoms with Gasteiger partial charge in [0.1, 0.15) is 0 Å². The molecule has 2 unspecified atom stereocenters. The minimum absolute atomic E-state index is 0.274. The lowest BCUT2D eigenvalue weighted by atomic mass is 9.74. The molecule has 70 valence electrons. The molecule has 0 saturated carbocycles. The zero-order chi connectivity index (χ0) is 9.26. The molecule has 13 heavy (non-hydrogen) atoms.